The van der Waals surface area contributed by atoms with Gasteiger partial charge in [0.15, 0.2) is 0 Å². The lowest BCUT2D eigenvalue weighted by Crippen LogP contribution is -2.35. The van der Waals surface area contributed by atoms with Crippen molar-refractivity contribution in [1.29, 1.82) is 0 Å². The summed E-state index contributed by atoms with van der Waals surface area (Å²) < 4.78 is 10.2. The van der Waals surface area contributed by atoms with E-state index in [4.69, 9.17) is 14.5 Å². The number of methoxy groups -OCH3 is 1. The summed E-state index contributed by atoms with van der Waals surface area (Å²) in [5.41, 5.74) is 3.15. The molecule has 0 spiro atoms. The molecule has 8 nitrogen and oxygen atoms in total. The summed E-state index contributed by atoms with van der Waals surface area (Å²) in [5, 5.41) is 6.85. The van der Waals surface area contributed by atoms with E-state index in [9.17, 15) is 14.4 Å². The van der Waals surface area contributed by atoms with Gasteiger partial charge in [-0.15, -0.1) is 11.3 Å². The van der Waals surface area contributed by atoms with E-state index >= 15 is 0 Å². The molecule has 1 aliphatic carbocycles. The molecule has 0 aliphatic heterocycles. The van der Waals surface area contributed by atoms with Gasteiger partial charge in [0, 0.05) is 17.6 Å². The third kappa shape index (κ3) is 7.85. The van der Waals surface area contributed by atoms with Gasteiger partial charge in [-0.25, -0.2) is 14.6 Å². The summed E-state index contributed by atoms with van der Waals surface area (Å²) in [5.74, 6) is -0.0900. The highest BCUT2D eigenvalue weighted by atomic mass is 32.1. The number of carbonyl (C=O) groups is 3. The second-order valence-corrected chi connectivity index (χ2v) is 13.8. The van der Waals surface area contributed by atoms with Gasteiger partial charge >= 0.3 is 12.1 Å². The number of nitrogens with one attached hydrogen (secondary N) is 2. The molecule has 2 atom stereocenters. The van der Waals surface area contributed by atoms with Crippen LogP contribution < -0.4 is 10.6 Å². The Bertz CT molecular complexity index is 1430. The SMILES string of the molecule is COC(=O)c1cccc(C(CCNC(=O)OC(C)(C)C)NC(=O)c2cc3cc4c(nc3s2)CC[C@H](C(C)(C)C)C4)c1. The Kier molecular flexibility index (Phi) is 9.07. The Morgan fingerprint density at radius 2 is 1.85 bits per heavy atom. The number of fused-ring (bicyclic) bond motifs is 2. The summed E-state index contributed by atoms with van der Waals surface area (Å²) in [6.45, 7) is 12.5. The molecule has 1 aliphatic rings. The summed E-state index contributed by atoms with van der Waals surface area (Å²) in [7, 11) is 1.33. The maximum absolute atomic E-state index is 13.5. The lowest BCUT2D eigenvalue weighted by atomic mass is 9.71. The molecule has 4 rings (SSSR count). The molecule has 1 aromatic carbocycles. The van der Waals surface area contributed by atoms with Crippen molar-refractivity contribution in [3.8, 4) is 0 Å². The van der Waals surface area contributed by atoms with Crippen molar-refractivity contribution in [2.24, 2.45) is 11.3 Å². The normalized spacial score (nSPS) is 16.0. The average Bonchev–Trinajstić information content (AvgIpc) is 3.32. The molecule has 0 fully saturated rings. The van der Waals surface area contributed by atoms with E-state index in [1.165, 1.54) is 24.0 Å². The Balaban J connectivity index is 1.54. The van der Waals surface area contributed by atoms with Crippen molar-refractivity contribution >= 4 is 39.5 Å². The lowest BCUT2D eigenvalue weighted by molar-refractivity contribution is 0.0525. The van der Waals surface area contributed by atoms with Crippen LogP contribution in [0, 0.1) is 11.3 Å². The highest BCUT2D eigenvalue weighted by molar-refractivity contribution is 7.20. The molecule has 0 saturated heterocycles. The van der Waals surface area contributed by atoms with Crippen LogP contribution in [-0.4, -0.2) is 42.2 Å². The molecule has 2 aromatic heterocycles. The zero-order chi connectivity index (χ0) is 29.9. The van der Waals surface area contributed by atoms with Crippen molar-refractivity contribution < 1.29 is 23.9 Å². The van der Waals surface area contributed by atoms with E-state index in [0.717, 1.165) is 40.7 Å². The van der Waals surface area contributed by atoms with E-state index in [1.807, 2.05) is 12.1 Å². The maximum Gasteiger partial charge on any atom is 0.407 e. The van der Waals surface area contributed by atoms with Crippen LogP contribution in [0.5, 0.6) is 0 Å². The van der Waals surface area contributed by atoms with Crippen molar-refractivity contribution in [2.45, 2.75) is 78.9 Å². The number of hydrogen-bond donors (Lipinski definition) is 2. The summed E-state index contributed by atoms with van der Waals surface area (Å²) >= 11 is 1.38. The number of rotatable bonds is 7. The quantitative estimate of drug-likeness (QED) is 0.305. The number of thiophene rings is 1. The average molecular weight is 580 g/mol. The number of aryl methyl sites for hydroxylation is 1. The highest BCUT2D eigenvalue weighted by Gasteiger charge is 2.30. The summed E-state index contributed by atoms with van der Waals surface area (Å²) in [6.07, 6.45) is 2.94. The van der Waals surface area contributed by atoms with Crippen LogP contribution in [0.3, 0.4) is 0 Å². The molecule has 9 heteroatoms. The number of esters is 1. The van der Waals surface area contributed by atoms with Gasteiger partial charge in [0.1, 0.15) is 10.4 Å². The number of benzene rings is 1. The second-order valence-electron chi connectivity index (χ2n) is 12.8. The van der Waals surface area contributed by atoms with Gasteiger partial charge in [-0.2, -0.15) is 0 Å². The minimum Gasteiger partial charge on any atom is -0.465 e. The number of hydrogen-bond acceptors (Lipinski definition) is 7. The van der Waals surface area contributed by atoms with Gasteiger partial charge in [0.25, 0.3) is 5.91 Å². The van der Waals surface area contributed by atoms with Crippen LogP contribution in [-0.2, 0) is 22.3 Å². The first-order valence-corrected chi connectivity index (χ1v) is 14.9. The number of ether oxygens (including phenoxy) is 2. The largest absolute Gasteiger partial charge is 0.465 e. The summed E-state index contributed by atoms with van der Waals surface area (Å²) in [4.78, 5) is 44.3. The number of nitrogens with zero attached hydrogens (tertiary/aromatic N) is 1. The third-order valence-electron chi connectivity index (χ3n) is 7.44. The van der Waals surface area contributed by atoms with Crippen molar-refractivity contribution in [3.05, 3.63) is 63.7 Å². The molecule has 0 bridgehead atoms. The fraction of sp³-hybridized carbons (Fsp3) is 0.500. The molecule has 2 amide bonds. The topological polar surface area (TPSA) is 107 Å². The molecule has 220 valence electrons. The molecule has 41 heavy (non-hydrogen) atoms. The minimum absolute atomic E-state index is 0.232. The summed E-state index contributed by atoms with van der Waals surface area (Å²) in [6, 6.07) is 10.6. The van der Waals surface area contributed by atoms with Crippen molar-refractivity contribution in [3.63, 3.8) is 0 Å². The fourth-order valence-corrected chi connectivity index (χ4v) is 6.10. The fourth-order valence-electron chi connectivity index (χ4n) is 5.16. The molecule has 2 N–H and O–H groups in total. The van der Waals surface area contributed by atoms with Crippen LogP contribution in [0.4, 0.5) is 4.79 Å². The number of carbonyl (C=O) groups excluding carboxylic acids is 3. The molecule has 0 radical (unpaired) electrons. The van der Waals surface area contributed by atoms with Crippen LogP contribution in [0.2, 0.25) is 0 Å². The molecular weight excluding hydrogens is 538 g/mol. The van der Waals surface area contributed by atoms with Crippen LogP contribution >= 0.6 is 11.3 Å². The monoisotopic (exact) mass is 579 g/mol. The van der Waals surface area contributed by atoms with Gasteiger partial charge in [0.2, 0.25) is 0 Å². The first-order valence-electron chi connectivity index (χ1n) is 14.1. The van der Waals surface area contributed by atoms with Gasteiger partial charge in [-0.05, 0) is 93.2 Å². The lowest BCUT2D eigenvalue weighted by Gasteiger charge is -2.34. The van der Waals surface area contributed by atoms with Gasteiger partial charge < -0.3 is 20.1 Å². The Morgan fingerprint density at radius 1 is 1.10 bits per heavy atom. The smallest absolute Gasteiger partial charge is 0.407 e. The molecular formula is C32H41N3O5S. The van der Waals surface area contributed by atoms with E-state index in [2.05, 4.69) is 37.5 Å². The number of amides is 2. The number of aromatic nitrogens is 1. The van der Waals surface area contributed by atoms with Crippen molar-refractivity contribution in [2.75, 3.05) is 13.7 Å². The zero-order valence-corrected chi connectivity index (χ0v) is 25.9. The van der Waals surface area contributed by atoms with Crippen molar-refractivity contribution in [1.82, 2.24) is 15.6 Å². The van der Waals surface area contributed by atoms with Crippen LogP contribution in [0.15, 0.2) is 36.4 Å². The molecule has 1 unspecified atom stereocenters. The van der Waals surface area contributed by atoms with E-state index in [1.54, 1.807) is 39.0 Å². The van der Waals surface area contributed by atoms with Gasteiger partial charge in [-0.1, -0.05) is 32.9 Å². The zero-order valence-electron chi connectivity index (χ0n) is 25.1. The molecule has 3 aromatic rings. The predicted molar refractivity (Wildman–Crippen MR) is 161 cm³/mol. The number of pyridine rings is 1. The standard InChI is InChI=1S/C32H41N3O5S/c1-31(2,3)23-11-12-24-21(17-23)16-22-18-26(41-28(22)35-24)27(36)34-25(13-14-33-30(38)40-32(4,5)6)19-9-8-10-20(15-19)29(37)39-7/h8-10,15-16,18,23,25H,11-14,17H2,1-7H3,(H,33,38)(H,34,36)/t23-,25?/m0/s1. The Labute approximate surface area is 246 Å². The Hall–Kier alpha value is -3.46. The molecule has 2 heterocycles. The van der Waals surface area contributed by atoms with E-state index in [-0.39, 0.29) is 17.9 Å². The molecule has 0 saturated carbocycles. The van der Waals surface area contributed by atoms with Gasteiger partial charge in [0.05, 0.1) is 23.6 Å². The highest BCUT2D eigenvalue weighted by Crippen LogP contribution is 2.38. The first kappa shape index (κ1) is 30.5. The maximum atomic E-state index is 13.5. The van der Waals surface area contributed by atoms with E-state index < -0.39 is 23.7 Å². The minimum atomic E-state index is -0.616. The number of alkyl carbamates (subject to hydrolysis) is 1. The predicted octanol–water partition coefficient (Wildman–Crippen LogP) is 6.62. The van der Waals surface area contributed by atoms with Crippen LogP contribution in [0.1, 0.15) is 97.3 Å². The second kappa shape index (κ2) is 12.2. The third-order valence-corrected chi connectivity index (χ3v) is 8.48. The van der Waals surface area contributed by atoms with Gasteiger partial charge in [-0.3, -0.25) is 4.79 Å². The van der Waals surface area contributed by atoms with E-state index in [0.29, 0.717) is 22.8 Å². The van der Waals surface area contributed by atoms with Crippen LogP contribution in [0.25, 0.3) is 10.2 Å². The Morgan fingerprint density at radius 3 is 2.54 bits per heavy atom. The first-order chi connectivity index (χ1) is 19.2.